The van der Waals surface area contributed by atoms with Crippen molar-refractivity contribution in [2.45, 2.75) is 20.3 Å². The molecule has 0 atom stereocenters. The van der Waals surface area contributed by atoms with E-state index in [0.29, 0.717) is 12.2 Å². The van der Waals surface area contributed by atoms with Crippen molar-refractivity contribution in [2.24, 2.45) is 0 Å². The molecule has 120 valence electrons. The van der Waals surface area contributed by atoms with Gasteiger partial charge in [-0.25, -0.2) is 0 Å². The molecule has 0 saturated carbocycles. The predicted octanol–water partition coefficient (Wildman–Crippen LogP) is 4.34. The van der Waals surface area contributed by atoms with E-state index < -0.39 is 0 Å². The van der Waals surface area contributed by atoms with Crippen LogP contribution in [0.5, 0.6) is 5.75 Å². The maximum atomic E-state index is 9.12. The first-order valence-electron chi connectivity index (χ1n) is 8.23. The molecular formula is C20H24N2O. The zero-order valence-corrected chi connectivity index (χ0v) is 14.0. The third-order valence-electron chi connectivity index (χ3n) is 3.97. The average molecular weight is 308 g/mol. The van der Waals surface area contributed by atoms with Gasteiger partial charge in [0.25, 0.3) is 0 Å². The van der Waals surface area contributed by atoms with Crippen molar-refractivity contribution < 1.29 is 4.74 Å². The van der Waals surface area contributed by atoms with Crippen LogP contribution in [-0.2, 0) is 0 Å². The summed E-state index contributed by atoms with van der Waals surface area (Å²) in [7, 11) is 0. The van der Waals surface area contributed by atoms with Gasteiger partial charge in [0.05, 0.1) is 18.2 Å². The Kier molecular flexibility index (Phi) is 6.65. The molecule has 0 heterocycles. The van der Waals surface area contributed by atoms with Crippen LogP contribution in [0.3, 0.4) is 0 Å². The molecular weight excluding hydrogens is 284 g/mol. The lowest BCUT2D eigenvalue weighted by molar-refractivity contribution is 0.249. The number of benzene rings is 2. The maximum absolute atomic E-state index is 9.12. The average Bonchev–Trinajstić information content (AvgIpc) is 2.62. The molecule has 2 aromatic rings. The van der Waals surface area contributed by atoms with E-state index in [1.165, 1.54) is 0 Å². The second kappa shape index (κ2) is 8.97. The van der Waals surface area contributed by atoms with Crippen LogP contribution >= 0.6 is 0 Å². The van der Waals surface area contributed by atoms with E-state index in [4.69, 9.17) is 10.00 Å². The summed E-state index contributed by atoms with van der Waals surface area (Å²) < 4.78 is 6.00. The van der Waals surface area contributed by atoms with Crippen molar-refractivity contribution in [1.29, 1.82) is 5.26 Å². The van der Waals surface area contributed by atoms with Crippen LogP contribution in [0.1, 0.15) is 25.8 Å². The van der Waals surface area contributed by atoms with Gasteiger partial charge >= 0.3 is 0 Å². The second-order valence-corrected chi connectivity index (χ2v) is 5.42. The lowest BCUT2D eigenvalue weighted by Crippen LogP contribution is -2.25. The molecule has 0 aromatic heterocycles. The molecule has 2 aromatic carbocycles. The van der Waals surface area contributed by atoms with Gasteiger partial charge < -0.3 is 9.64 Å². The van der Waals surface area contributed by atoms with Crippen LogP contribution in [0.25, 0.3) is 11.1 Å². The molecule has 2 rings (SSSR count). The lowest BCUT2D eigenvalue weighted by atomic mass is 10.0. The molecule has 0 unspecified atom stereocenters. The minimum absolute atomic E-state index is 0.628. The van der Waals surface area contributed by atoms with Crippen molar-refractivity contribution in [1.82, 2.24) is 4.90 Å². The predicted molar refractivity (Wildman–Crippen MR) is 94.5 cm³/mol. The molecule has 0 aliphatic rings. The SMILES string of the molecule is CCN(CC)CCCOc1cc(C#N)ccc1-c1ccccc1. The summed E-state index contributed by atoms with van der Waals surface area (Å²) in [5, 5.41) is 9.12. The van der Waals surface area contributed by atoms with Gasteiger partial charge in [0, 0.05) is 12.1 Å². The van der Waals surface area contributed by atoms with E-state index in [2.05, 4.69) is 36.9 Å². The van der Waals surface area contributed by atoms with E-state index in [9.17, 15) is 0 Å². The molecule has 0 spiro atoms. The van der Waals surface area contributed by atoms with E-state index in [1.54, 1.807) is 0 Å². The maximum Gasteiger partial charge on any atom is 0.128 e. The van der Waals surface area contributed by atoms with Crippen LogP contribution in [0.15, 0.2) is 48.5 Å². The molecule has 0 radical (unpaired) electrons. The molecule has 0 fully saturated rings. The third kappa shape index (κ3) is 4.84. The van der Waals surface area contributed by atoms with Gasteiger partial charge in [-0.2, -0.15) is 5.26 Å². The quantitative estimate of drug-likeness (QED) is 0.681. The van der Waals surface area contributed by atoms with Gasteiger partial charge in [0.2, 0.25) is 0 Å². The fourth-order valence-electron chi connectivity index (χ4n) is 2.58. The summed E-state index contributed by atoms with van der Waals surface area (Å²) in [6.07, 6.45) is 0.979. The fourth-order valence-corrected chi connectivity index (χ4v) is 2.58. The van der Waals surface area contributed by atoms with E-state index in [-0.39, 0.29) is 0 Å². The van der Waals surface area contributed by atoms with Gasteiger partial charge in [-0.3, -0.25) is 0 Å². The standard InChI is InChI=1S/C20H24N2O/c1-3-22(4-2)13-8-14-23-20-15-17(16-21)11-12-19(20)18-9-6-5-7-10-18/h5-7,9-12,15H,3-4,8,13-14H2,1-2H3. The minimum Gasteiger partial charge on any atom is -0.493 e. The number of rotatable bonds is 8. The van der Waals surface area contributed by atoms with Crippen LogP contribution in [-0.4, -0.2) is 31.1 Å². The van der Waals surface area contributed by atoms with E-state index in [0.717, 1.165) is 42.9 Å². The van der Waals surface area contributed by atoms with Crippen molar-refractivity contribution in [3.63, 3.8) is 0 Å². The molecule has 0 N–H and O–H groups in total. The monoisotopic (exact) mass is 308 g/mol. The highest BCUT2D eigenvalue weighted by molar-refractivity contribution is 5.71. The Morgan fingerprint density at radius 3 is 2.43 bits per heavy atom. The Balaban J connectivity index is 2.09. The van der Waals surface area contributed by atoms with Crippen molar-refractivity contribution in [3.05, 3.63) is 54.1 Å². The Morgan fingerprint density at radius 2 is 1.78 bits per heavy atom. The third-order valence-corrected chi connectivity index (χ3v) is 3.97. The summed E-state index contributed by atoms with van der Waals surface area (Å²) in [5.74, 6) is 0.787. The summed E-state index contributed by atoms with van der Waals surface area (Å²) in [6.45, 7) is 8.17. The number of hydrogen-bond donors (Lipinski definition) is 0. The molecule has 3 nitrogen and oxygen atoms in total. The minimum atomic E-state index is 0.628. The van der Waals surface area contributed by atoms with Gasteiger partial charge in [-0.15, -0.1) is 0 Å². The van der Waals surface area contributed by atoms with E-state index >= 15 is 0 Å². The largest absolute Gasteiger partial charge is 0.493 e. The van der Waals surface area contributed by atoms with E-state index in [1.807, 2.05) is 36.4 Å². The first-order chi connectivity index (χ1) is 11.3. The zero-order chi connectivity index (χ0) is 16.5. The Bertz CT molecular complexity index is 642. The lowest BCUT2D eigenvalue weighted by Gasteiger charge is -2.18. The number of hydrogen-bond acceptors (Lipinski definition) is 3. The summed E-state index contributed by atoms with van der Waals surface area (Å²) >= 11 is 0. The highest BCUT2D eigenvalue weighted by atomic mass is 16.5. The molecule has 0 saturated heterocycles. The molecule has 0 aliphatic heterocycles. The Hall–Kier alpha value is -2.31. The second-order valence-electron chi connectivity index (χ2n) is 5.42. The zero-order valence-electron chi connectivity index (χ0n) is 14.0. The highest BCUT2D eigenvalue weighted by Crippen LogP contribution is 2.31. The van der Waals surface area contributed by atoms with Gasteiger partial charge in [0.15, 0.2) is 0 Å². The highest BCUT2D eigenvalue weighted by Gasteiger charge is 2.08. The van der Waals surface area contributed by atoms with Gasteiger partial charge in [-0.1, -0.05) is 44.2 Å². The Morgan fingerprint density at radius 1 is 1.04 bits per heavy atom. The number of nitriles is 1. The first kappa shape index (κ1) is 17.1. The van der Waals surface area contributed by atoms with Gasteiger partial charge in [-0.05, 0) is 43.3 Å². The first-order valence-corrected chi connectivity index (χ1v) is 8.23. The molecule has 3 heteroatoms. The summed E-state index contributed by atoms with van der Waals surface area (Å²) in [5.41, 5.74) is 2.77. The molecule has 23 heavy (non-hydrogen) atoms. The number of nitrogens with zero attached hydrogens (tertiary/aromatic N) is 2. The Labute approximate surface area is 139 Å². The normalized spacial score (nSPS) is 10.5. The number of ether oxygens (including phenoxy) is 1. The molecule has 0 aliphatic carbocycles. The van der Waals surface area contributed by atoms with Crippen molar-refractivity contribution in [3.8, 4) is 22.9 Å². The molecule has 0 amide bonds. The molecule has 0 bridgehead atoms. The fraction of sp³-hybridized carbons (Fsp3) is 0.350. The van der Waals surface area contributed by atoms with Crippen LogP contribution < -0.4 is 4.74 Å². The van der Waals surface area contributed by atoms with Crippen LogP contribution in [0.2, 0.25) is 0 Å². The summed E-state index contributed by atoms with van der Waals surface area (Å²) in [4.78, 5) is 2.38. The topological polar surface area (TPSA) is 36.3 Å². The van der Waals surface area contributed by atoms with Crippen molar-refractivity contribution in [2.75, 3.05) is 26.2 Å². The van der Waals surface area contributed by atoms with Crippen molar-refractivity contribution >= 4 is 0 Å². The van der Waals surface area contributed by atoms with Gasteiger partial charge in [0.1, 0.15) is 5.75 Å². The van der Waals surface area contributed by atoms with Crippen LogP contribution in [0, 0.1) is 11.3 Å². The smallest absolute Gasteiger partial charge is 0.128 e. The van der Waals surface area contributed by atoms with Crippen LogP contribution in [0.4, 0.5) is 0 Å². The summed E-state index contributed by atoms with van der Waals surface area (Å²) in [6, 6.07) is 18.0.